The van der Waals surface area contributed by atoms with Crippen molar-refractivity contribution in [2.75, 3.05) is 5.73 Å². The Bertz CT molecular complexity index is 405. The summed E-state index contributed by atoms with van der Waals surface area (Å²) in [4.78, 5) is 15.1. The molecule has 0 aliphatic rings. The number of hydrogen-bond donors (Lipinski definition) is 1. The van der Waals surface area contributed by atoms with E-state index in [4.69, 9.17) is 23.8 Å². The molecule has 0 fully saturated rings. The first-order valence-electron chi connectivity index (χ1n) is 3.60. The van der Waals surface area contributed by atoms with Crippen molar-refractivity contribution in [2.45, 2.75) is 13.0 Å². The van der Waals surface area contributed by atoms with E-state index in [9.17, 15) is 4.79 Å². The van der Waals surface area contributed by atoms with Crippen molar-refractivity contribution >= 4 is 17.3 Å². The number of hydrogen-bond acceptors (Lipinski definition) is 3. The molecule has 0 saturated carbocycles. The van der Waals surface area contributed by atoms with E-state index in [1.807, 2.05) is 0 Å². The number of nitrogen functional groups attached to an aromatic ring is 1. The third kappa shape index (κ3) is 2.01. The van der Waals surface area contributed by atoms with Gasteiger partial charge in [0.05, 0.1) is 6.33 Å². The van der Waals surface area contributed by atoms with Crippen LogP contribution in [0.3, 0.4) is 0 Å². The molecule has 0 aromatic carbocycles. The average Bonchev–Trinajstić information content (AvgIpc) is 2.13. The van der Waals surface area contributed by atoms with Gasteiger partial charge in [-0.25, -0.2) is 4.98 Å². The largest absolute Gasteiger partial charge is 0.392 e. The van der Waals surface area contributed by atoms with E-state index < -0.39 is 0 Å². The fourth-order valence-corrected chi connectivity index (χ4v) is 0.954. The van der Waals surface area contributed by atoms with Crippen molar-refractivity contribution in [3.8, 4) is 12.3 Å². The highest BCUT2D eigenvalue weighted by Gasteiger charge is 2.04. The van der Waals surface area contributed by atoms with Crippen molar-refractivity contribution in [1.82, 2.24) is 9.55 Å². The van der Waals surface area contributed by atoms with Gasteiger partial charge < -0.3 is 5.73 Å². The first kappa shape index (κ1) is 9.62. The molecule has 0 spiro atoms. The molecule has 1 rings (SSSR count). The van der Waals surface area contributed by atoms with Gasteiger partial charge in [0.25, 0.3) is 5.56 Å². The summed E-state index contributed by atoms with van der Waals surface area (Å²) in [5, 5.41) is 0.0296. The van der Waals surface area contributed by atoms with Crippen LogP contribution in [0.2, 0.25) is 5.15 Å². The number of nitrogens with two attached hydrogens (primary N) is 1. The van der Waals surface area contributed by atoms with Gasteiger partial charge in [0, 0.05) is 13.0 Å². The first-order valence-corrected chi connectivity index (χ1v) is 3.98. The molecule has 1 aromatic rings. The lowest BCUT2D eigenvalue weighted by Crippen LogP contribution is -2.23. The van der Waals surface area contributed by atoms with E-state index in [-0.39, 0.29) is 16.4 Å². The van der Waals surface area contributed by atoms with E-state index in [1.54, 1.807) is 0 Å². The quantitative estimate of drug-likeness (QED) is 0.555. The Kier molecular flexibility index (Phi) is 2.93. The van der Waals surface area contributed by atoms with Crippen LogP contribution in [-0.2, 0) is 6.54 Å². The number of rotatable bonds is 2. The maximum Gasteiger partial charge on any atom is 0.278 e. The lowest BCUT2D eigenvalue weighted by Gasteiger charge is -2.03. The smallest absolute Gasteiger partial charge is 0.278 e. The molecule has 68 valence electrons. The summed E-state index contributed by atoms with van der Waals surface area (Å²) in [5.41, 5.74) is 4.98. The summed E-state index contributed by atoms with van der Waals surface area (Å²) in [6, 6.07) is 0. The molecule has 0 bridgehead atoms. The molecule has 0 aliphatic heterocycles. The number of aromatic nitrogens is 2. The van der Waals surface area contributed by atoms with Gasteiger partial charge >= 0.3 is 0 Å². The van der Waals surface area contributed by atoms with Gasteiger partial charge in [-0.3, -0.25) is 9.36 Å². The molecule has 0 atom stereocenters. The highest BCUT2D eigenvalue weighted by atomic mass is 35.5. The Morgan fingerprint density at radius 1 is 1.77 bits per heavy atom. The Morgan fingerprint density at radius 3 is 3.08 bits per heavy atom. The summed E-state index contributed by atoms with van der Waals surface area (Å²) in [6.07, 6.45) is 6.84. The van der Waals surface area contributed by atoms with Gasteiger partial charge in [-0.05, 0) is 0 Å². The topological polar surface area (TPSA) is 60.9 Å². The van der Waals surface area contributed by atoms with Crippen molar-refractivity contribution in [3.05, 3.63) is 21.8 Å². The minimum Gasteiger partial charge on any atom is -0.392 e. The standard InChI is InChI=1S/C8H8ClN3O/c1-2-3-4-12-5-11-7(9)6(10)8(12)13/h1,5H,3-4,10H2. The maximum atomic E-state index is 11.3. The van der Waals surface area contributed by atoms with Crippen molar-refractivity contribution < 1.29 is 0 Å². The predicted octanol–water partition coefficient (Wildman–Crippen LogP) is 0.502. The molecule has 0 unspecified atom stereocenters. The Labute approximate surface area is 80.3 Å². The number of anilines is 1. The molecular weight excluding hydrogens is 190 g/mol. The zero-order valence-corrected chi connectivity index (χ0v) is 7.58. The number of aryl methyl sites for hydroxylation is 1. The predicted molar refractivity (Wildman–Crippen MR) is 51.4 cm³/mol. The fraction of sp³-hybridized carbons (Fsp3) is 0.250. The second-order valence-electron chi connectivity index (χ2n) is 2.40. The summed E-state index contributed by atoms with van der Waals surface area (Å²) in [6.45, 7) is 0.406. The first-order chi connectivity index (χ1) is 6.16. The van der Waals surface area contributed by atoms with Gasteiger partial charge in [0.15, 0.2) is 5.15 Å². The minimum atomic E-state index is -0.352. The monoisotopic (exact) mass is 197 g/mol. The molecule has 13 heavy (non-hydrogen) atoms. The molecule has 0 aliphatic carbocycles. The van der Waals surface area contributed by atoms with E-state index in [0.717, 1.165) is 0 Å². The second-order valence-corrected chi connectivity index (χ2v) is 2.76. The van der Waals surface area contributed by atoms with Crippen molar-refractivity contribution in [3.63, 3.8) is 0 Å². The average molecular weight is 198 g/mol. The highest BCUT2D eigenvalue weighted by Crippen LogP contribution is 2.07. The van der Waals surface area contributed by atoms with Crippen LogP contribution < -0.4 is 11.3 Å². The van der Waals surface area contributed by atoms with E-state index in [1.165, 1.54) is 10.9 Å². The van der Waals surface area contributed by atoms with Crippen LogP contribution in [0.25, 0.3) is 0 Å². The van der Waals surface area contributed by atoms with E-state index in [0.29, 0.717) is 13.0 Å². The van der Waals surface area contributed by atoms with Crippen molar-refractivity contribution in [2.24, 2.45) is 0 Å². The maximum absolute atomic E-state index is 11.3. The van der Waals surface area contributed by atoms with Gasteiger partial charge in [-0.1, -0.05) is 11.6 Å². The molecule has 1 aromatic heterocycles. The van der Waals surface area contributed by atoms with Gasteiger partial charge in [0.1, 0.15) is 5.69 Å². The third-order valence-electron chi connectivity index (χ3n) is 1.52. The Hall–Kier alpha value is -1.47. The number of terminal acetylenes is 1. The van der Waals surface area contributed by atoms with Crippen LogP contribution >= 0.6 is 11.6 Å². The van der Waals surface area contributed by atoms with Crippen LogP contribution in [0.15, 0.2) is 11.1 Å². The van der Waals surface area contributed by atoms with Crippen LogP contribution in [-0.4, -0.2) is 9.55 Å². The molecule has 4 nitrogen and oxygen atoms in total. The van der Waals surface area contributed by atoms with Crippen LogP contribution in [0.5, 0.6) is 0 Å². The van der Waals surface area contributed by atoms with Gasteiger partial charge in [-0.15, -0.1) is 12.3 Å². The Morgan fingerprint density at radius 2 is 2.46 bits per heavy atom. The lowest BCUT2D eigenvalue weighted by molar-refractivity contribution is 0.675. The molecule has 1 heterocycles. The zero-order valence-electron chi connectivity index (χ0n) is 6.83. The Balaban J connectivity index is 3.06. The lowest BCUT2D eigenvalue weighted by atomic mass is 10.4. The van der Waals surface area contributed by atoms with E-state index in [2.05, 4.69) is 10.9 Å². The van der Waals surface area contributed by atoms with Gasteiger partial charge in [-0.2, -0.15) is 0 Å². The molecule has 0 radical (unpaired) electrons. The number of halogens is 1. The van der Waals surface area contributed by atoms with Crippen molar-refractivity contribution in [1.29, 1.82) is 0 Å². The SMILES string of the molecule is C#CCCn1cnc(Cl)c(N)c1=O. The van der Waals surface area contributed by atoms with Crippen LogP contribution in [0.1, 0.15) is 6.42 Å². The summed E-state index contributed by atoms with van der Waals surface area (Å²) in [7, 11) is 0. The van der Waals surface area contributed by atoms with E-state index >= 15 is 0 Å². The second kappa shape index (κ2) is 3.97. The fourth-order valence-electron chi connectivity index (χ4n) is 0.830. The molecule has 0 saturated heterocycles. The summed E-state index contributed by atoms with van der Waals surface area (Å²) in [5.74, 6) is 2.42. The minimum absolute atomic E-state index is 0.0296. The van der Waals surface area contributed by atoms with Crippen LogP contribution in [0, 0.1) is 12.3 Å². The highest BCUT2D eigenvalue weighted by molar-refractivity contribution is 6.31. The molecule has 0 amide bonds. The summed E-state index contributed by atoms with van der Waals surface area (Å²) >= 11 is 5.53. The van der Waals surface area contributed by atoms with Gasteiger partial charge in [0.2, 0.25) is 0 Å². The normalized spacial score (nSPS) is 9.54. The zero-order chi connectivity index (χ0) is 9.84. The molecule has 5 heteroatoms. The summed E-state index contributed by atoms with van der Waals surface area (Å²) < 4.78 is 1.33. The number of nitrogens with zero attached hydrogens (tertiary/aromatic N) is 2. The van der Waals surface area contributed by atoms with Crippen LogP contribution in [0.4, 0.5) is 5.69 Å². The third-order valence-corrected chi connectivity index (χ3v) is 1.82. The molecular formula is C8H8ClN3O. The molecule has 2 N–H and O–H groups in total.